The van der Waals surface area contributed by atoms with Crippen LogP contribution in [0, 0.1) is 0 Å². The molecule has 1 N–H and O–H groups in total. The lowest BCUT2D eigenvalue weighted by Gasteiger charge is -2.11. The van der Waals surface area contributed by atoms with Crippen LogP contribution in [0.15, 0.2) is 33.9 Å². The summed E-state index contributed by atoms with van der Waals surface area (Å²) < 4.78 is 3.11. The van der Waals surface area contributed by atoms with Crippen molar-refractivity contribution in [2.45, 2.75) is 36.9 Å². The smallest absolute Gasteiger partial charge is 0.209 e. The molecule has 0 radical (unpaired) electrons. The third kappa shape index (κ3) is 3.97. The minimum Gasteiger partial charge on any atom is -0.384 e. The normalized spacial score (nSPS) is 15.5. The molecule has 0 atom stereocenters. The van der Waals surface area contributed by atoms with Crippen LogP contribution in [0.1, 0.15) is 31.7 Å². The lowest BCUT2D eigenvalue weighted by molar-refractivity contribution is 0.423. The highest BCUT2D eigenvalue weighted by Crippen LogP contribution is 2.31. The number of tetrazole rings is 1. The highest BCUT2D eigenvalue weighted by molar-refractivity contribution is 9.10. The molecule has 1 saturated carbocycles. The number of rotatable bonds is 6. The lowest BCUT2D eigenvalue weighted by atomic mass is 10.3. The van der Waals surface area contributed by atoms with Crippen molar-refractivity contribution in [2.75, 3.05) is 17.6 Å². The number of halogens is 1. The Hall–Kier alpha value is -1.08. The van der Waals surface area contributed by atoms with E-state index in [0.717, 1.165) is 27.6 Å². The SMILES string of the molecule is Brc1ccc(NCCSc2nnnn2C2CCCC2)cc1. The third-order valence-electron chi connectivity index (χ3n) is 3.64. The summed E-state index contributed by atoms with van der Waals surface area (Å²) in [6.45, 7) is 0.893. The van der Waals surface area contributed by atoms with Gasteiger partial charge in [-0.15, -0.1) is 5.10 Å². The second kappa shape index (κ2) is 7.26. The van der Waals surface area contributed by atoms with Crippen molar-refractivity contribution in [3.8, 4) is 0 Å². The Labute approximate surface area is 137 Å². The zero-order valence-electron chi connectivity index (χ0n) is 11.7. The van der Waals surface area contributed by atoms with Gasteiger partial charge >= 0.3 is 0 Å². The summed E-state index contributed by atoms with van der Waals surface area (Å²) >= 11 is 5.15. The second-order valence-corrected chi connectivity index (χ2v) is 7.10. The Balaban J connectivity index is 1.47. The monoisotopic (exact) mass is 367 g/mol. The number of aromatic nitrogens is 4. The molecule has 1 heterocycles. The Kier molecular flexibility index (Phi) is 5.13. The zero-order chi connectivity index (χ0) is 14.5. The maximum atomic E-state index is 4.15. The molecule has 112 valence electrons. The molecule has 1 aliphatic rings. The molecule has 7 heteroatoms. The molecule has 1 aromatic heterocycles. The van der Waals surface area contributed by atoms with Gasteiger partial charge in [-0.1, -0.05) is 40.5 Å². The van der Waals surface area contributed by atoms with Crippen molar-refractivity contribution in [3.05, 3.63) is 28.7 Å². The van der Waals surface area contributed by atoms with Gasteiger partial charge in [-0.05, 0) is 47.5 Å². The number of anilines is 1. The Morgan fingerprint density at radius 1 is 1.24 bits per heavy atom. The van der Waals surface area contributed by atoms with Crippen molar-refractivity contribution < 1.29 is 0 Å². The molecule has 2 aromatic rings. The van der Waals surface area contributed by atoms with Crippen LogP contribution >= 0.6 is 27.7 Å². The quantitative estimate of drug-likeness (QED) is 0.622. The van der Waals surface area contributed by atoms with E-state index in [-0.39, 0.29) is 0 Å². The van der Waals surface area contributed by atoms with Gasteiger partial charge in [0.2, 0.25) is 5.16 Å². The van der Waals surface area contributed by atoms with Gasteiger partial charge in [0, 0.05) is 22.5 Å². The Morgan fingerprint density at radius 2 is 2.00 bits per heavy atom. The maximum Gasteiger partial charge on any atom is 0.209 e. The van der Waals surface area contributed by atoms with Crippen LogP contribution in [0.25, 0.3) is 0 Å². The first-order valence-corrected chi connectivity index (χ1v) is 9.01. The number of hydrogen-bond donors (Lipinski definition) is 1. The number of benzene rings is 1. The number of hydrogen-bond acceptors (Lipinski definition) is 5. The van der Waals surface area contributed by atoms with Crippen molar-refractivity contribution in [2.24, 2.45) is 0 Å². The minimum absolute atomic E-state index is 0.502. The fourth-order valence-electron chi connectivity index (χ4n) is 2.56. The summed E-state index contributed by atoms with van der Waals surface area (Å²) in [5, 5.41) is 16.5. The molecule has 21 heavy (non-hydrogen) atoms. The summed E-state index contributed by atoms with van der Waals surface area (Å²) in [6.07, 6.45) is 4.99. The summed E-state index contributed by atoms with van der Waals surface area (Å²) in [5.41, 5.74) is 1.13. The van der Waals surface area contributed by atoms with Crippen LogP contribution in [0.3, 0.4) is 0 Å². The van der Waals surface area contributed by atoms with Gasteiger partial charge in [0.1, 0.15) is 0 Å². The predicted octanol–water partition coefficient (Wildman–Crippen LogP) is 3.75. The van der Waals surface area contributed by atoms with Crippen LogP contribution in [0.5, 0.6) is 0 Å². The average molecular weight is 368 g/mol. The first kappa shape index (κ1) is 14.8. The molecule has 1 aromatic carbocycles. The highest BCUT2D eigenvalue weighted by atomic mass is 79.9. The Bertz CT molecular complexity index is 565. The van der Waals surface area contributed by atoms with Crippen LogP contribution in [0.4, 0.5) is 5.69 Å². The van der Waals surface area contributed by atoms with Crippen LogP contribution in [-0.4, -0.2) is 32.5 Å². The van der Waals surface area contributed by atoms with E-state index in [9.17, 15) is 0 Å². The lowest BCUT2D eigenvalue weighted by Crippen LogP contribution is -2.10. The fourth-order valence-corrected chi connectivity index (χ4v) is 3.63. The van der Waals surface area contributed by atoms with E-state index in [1.165, 1.54) is 25.7 Å². The molecule has 0 spiro atoms. The summed E-state index contributed by atoms with van der Waals surface area (Å²) in [7, 11) is 0. The zero-order valence-corrected chi connectivity index (χ0v) is 14.1. The molecule has 0 saturated heterocycles. The summed E-state index contributed by atoms with van der Waals surface area (Å²) in [4.78, 5) is 0. The standard InChI is InChI=1S/C14H18BrN5S/c15-11-5-7-12(8-6-11)16-9-10-21-14-17-18-19-20(14)13-3-1-2-4-13/h5-8,13,16H,1-4,9-10H2. The third-order valence-corrected chi connectivity index (χ3v) is 5.10. The molecule has 5 nitrogen and oxygen atoms in total. The van der Waals surface area contributed by atoms with E-state index in [1.807, 2.05) is 16.8 Å². The van der Waals surface area contributed by atoms with E-state index in [0.29, 0.717) is 6.04 Å². The average Bonchev–Trinajstić information content (AvgIpc) is 3.16. The highest BCUT2D eigenvalue weighted by Gasteiger charge is 2.21. The van der Waals surface area contributed by atoms with E-state index in [4.69, 9.17) is 0 Å². The molecule has 0 bridgehead atoms. The first-order chi connectivity index (χ1) is 10.3. The van der Waals surface area contributed by atoms with Crippen molar-refractivity contribution in [1.29, 1.82) is 0 Å². The molecule has 3 rings (SSSR count). The van der Waals surface area contributed by atoms with Gasteiger partial charge in [-0.25, -0.2) is 4.68 Å². The van der Waals surface area contributed by atoms with Gasteiger partial charge in [0.25, 0.3) is 0 Å². The number of nitrogens with one attached hydrogen (secondary N) is 1. The molecule has 1 aliphatic carbocycles. The predicted molar refractivity (Wildman–Crippen MR) is 88.7 cm³/mol. The van der Waals surface area contributed by atoms with Crippen molar-refractivity contribution in [1.82, 2.24) is 20.2 Å². The van der Waals surface area contributed by atoms with E-state index >= 15 is 0 Å². The maximum absolute atomic E-state index is 4.15. The molecule has 1 fully saturated rings. The molecular weight excluding hydrogens is 350 g/mol. The van der Waals surface area contributed by atoms with Crippen molar-refractivity contribution >= 4 is 33.4 Å². The van der Waals surface area contributed by atoms with Crippen molar-refractivity contribution in [3.63, 3.8) is 0 Å². The second-order valence-electron chi connectivity index (χ2n) is 5.13. The van der Waals surface area contributed by atoms with Gasteiger partial charge < -0.3 is 5.32 Å². The molecular formula is C14H18BrN5S. The van der Waals surface area contributed by atoms with Gasteiger partial charge in [0.15, 0.2) is 0 Å². The molecule has 0 unspecified atom stereocenters. The number of nitrogens with zero attached hydrogens (tertiary/aromatic N) is 4. The van der Waals surface area contributed by atoms with Crippen LogP contribution in [0.2, 0.25) is 0 Å². The van der Waals surface area contributed by atoms with Gasteiger partial charge in [-0.3, -0.25) is 0 Å². The minimum atomic E-state index is 0.502. The number of thioether (sulfide) groups is 1. The summed E-state index contributed by atoms with van der Waals surface area (Å²) in [5.74, 6) is 0.948. The molecule has 0 aliphatic heterocycles. The van der Waals surface area contributed by atoms with Gasteiger partial charge in [-0.2, -0.15) is 0 Å². The largest absolute Gasteiger partial charge is 0.384 e. The van der Waals surface area contributed by atoms with E-state index in [1.54, 1.807) is 11.8 Å². The topological polar surface area (TPSA) is 55.6 Å². The van der Waals surface area contributed by atoms with E-state index < -0.39 is 0 Å². The van der Waals surface area contributed by atoms with Crippen LogP contribution < -0.4 is 5.32 Å². The Morgan fingerprint density at radius 3 is 2.76 bits per heavy atom. The first-order valence-electron chi connectivity index (χ1n) is 7.23. The van der Waals surface area contributed by atoms with Gasteiger partial charge in [0.05, 0.1) is 6.04 Å². The molecule has 0 amide bonds. The fraction of sp³-hybridized carbons (Fsp3) is 0.500. The summed E-state index contributed by atoms with van der Waals surface area (Å²) in [6, 6.07) is 8.71. The van der Waals surface area contributed by atoms with Crippen LogP contribution in [-0.2, 0) is 0 Å². The van der Waals surface area contributed by atoms with E-state index in [2.05, 4.69) is 48.9 Å².